The van der Waals surface area contributed by atoms with Crippen molar-refractivity contribution in [2.24, 2.45) is 5.14 Å². The zero-order chi connectivity index (χ0) is 18.4. The monoisotopic (exact) mass is 373 g/mol. The maximum atomic E-state index is 11.4. The first-order valence-corrected chi connectivity index (χ1v) is 9.83. The summed E-state index contributed by atoms with van der Waals surface area (Å²) < 4.78 is 44.1. The molecule has 0 atom stereocenters. The minimum absolute atomic E-state index is 0.0756. The molecule has 0 aromatic heterocycles. The summed E-state index contributed by atoms with van der Waals surface area (Å²) in [5, 5.41) is 13.4. The smallest absolute Gasteiger partial charge is 0.238 e. The van der Waals surface area contributed by atoms with Gasteiger partial charge in [0, 0.05) is 11.4 Å². The lowest BCUT2D eigenvalue weighted by atomic mass is 10.3. The molecule has 132 valence electrons. The van der Waals surface area contributed by atoms with E-state index in [1.807, 2.05) is 0 Å². The molecule has 7 N–H and O–H groups in total. The molecular weight excluding hydrogens is 354 g/mol. The van der Waals surface area contributed by atoms with Gasteiger partial charge in [0.1, 0.15) is 0 Å². The molecule has 0 saturated carbocycles. The molecule has 2 aromatic rings. The standard InChI is InChI=1S/C8H11NO3S.C6H8N2O2S/c9-7-2-1-3-8(6-7)13(11,12)5-4-10;7-5-1-3-6(4-2-5)11(8,9)10/h1-3,6,10H,4-5,9H2;1-4H,7H2,(H2,8,9,10). The topological polar surface area (TPSA) is 167 Å². The molecule has 0 aliphatic heterocycles. The molecule has 0 bridgehead atoms. The fourth-order valence-corrected chi connectivity index (χ4v) is 3.20. The Hall–Kier alpha value is -2.14. The van der Waals surface area contributed by atoms with Gasteiger partial charge in [0.05, 0.1) is 22.2 Å². The number of nitrogen functional groups attached to an aromatic ring is 2. The maximum absolute atomic E-state index is 11.4. The highest BCUT2D eigenvalue weighted by Gasteiger charge is 2.12. The fraction of sp³-hybridized carbons (Fsp3) is 0.143. The van der Waals surface area contributed by atoms with E-state index in [1.54, 1.807) is 12.1 Å². The second-order valence-corrected chi connectivity index (χ2v) is 8.40. The average Bonchev–Trinajstić information content (AvgIpc) is 2.47. The number of sulfone groups is 1. The van der Waals surface area contributed by atoms with Crippen LogP contribution in [0.25, 0.3) is 0 Å². The summed E-state index contributed by atoms with van der Waals surface area (Å²) >= 11 is 0. The van der Waals surface area contributed by atoms with Crippen molar-refractivity contribution >= 4 is 31.2 Å². The maximum Gasteiger partial charge on any atom is 0.238 e. The largest absolute Gasteiger partial charge is 0.399 e. The lowest BCUT2D eigenvalue weighted by Crippen LogP contribution is -2.11. The highest BCUT2D eigenvalue weighted by Crippen LogP contribution is 2.13. The van der Waals surface area contributed by atoms with Crippen molar-refractivity contribution in [3.05, 3.63) is 48.5 Å². The Bertz CT molecular complexity index is 879. The molecule has 2 aromatic carbocycles. The van der Waals surface area contributed by atoms with Crippen LogP contribution in [-0.4, -0.2) is 34.3 Å². The summed E-state index contributed by atoms with van der Waals surface area (Å²) in [5.41, 5.74) is 11.7. The summed E-state index contributed by atoms with van der Waals surface area (Å²) in [6.45, 7) is -0.378. The van der Waals surface area contributed by atoms with E-state index < -0.39 is 19.9 Å². The van der Waals surface area contributed by atoms with E-state index in [0.717, 1.165) is 0 Å². The minimum atomic E-state index is -3.58. The molecule has 0 aliphatic rings. The van der Waals surface area contributed by atoms with Crippen LogP contribution in [0.4, 0.5) is 11.4 Å². The van der Waals surface area contributed by atoms with Crippen LogP contribution in [0.2, 0.25) is 0 Å². The SMILES string of the molecule is Nc1ccc(S(N)(=O)=O)cc1.Nc1cccc(S(=O)(=O)CCO)c1. The van der Waals surface area contributed by atoms with E-state index >= 15 is 0 Å². The van der Waals surface area contributed by atoms with E-state index in [9.17, 15) is 16.8 Å². The number of anilines is 2. The van der Waals surface area contributed by atoms with Crippen molar-refractivity contribution in [1.29, 1.82) is 0 Å². The Morgan fingerprint density at radius 2 is 1.42 bits per heavy atom. The van der Waals surface area contributed by atoms with Gasteiger partial charge in [0.25, 0.3) is 0 Å². The Morgan fingerprint density at radius 1 is 0.833 bits per heavy atom. The zero-order valence-corrected chi connectivity index (χ0v) is 14.3. The van der Waals surface area contributed by atoms with E-state index in [0.29, 0.717) is 11.4 Å². The third-order valence-electron chi connectivity index (χ3n) is 2.79. The molecule has 0 unspecified atom stereocenters. The van der Waals surface area contributed by atoms with Crippen LogP contribution >= 0.6 is 0 Å². The number of aliphatic hydroxyl groups excluding tert-OH is 1. The fourth-order valence-electron chi connectivity index (χ4n) is 1.60. The number of aliphatic hydroxyl groups is 1. The van der Waals surface area contributed by atoms with Crippen molar-refractivity contribution in [3.63, 3.8) is 0 Å². The molecule has 8 nitrogen and oxygen atoms in total. The van der Waals surface area contributed by atoms with Gasteiger partial charge in [-0.15, -0.1) is 0 Å². The van der Waals surface area contributed by atoms with Crippen molar-refractivity contribution < 1.29 is 21.9 Å². The number of sulfonamides is 1. The third-order valence-corrected chi connectivity index (χ3v) is 5.41. The number of nitrogens with two attached hydrogens (primary N) is 3. The van der Waals surface area contributed by atoms with E-state index in [4.69, 9.17) is 21.7 Å². The van der Waals surface area contributed by atoms with Gasteiger partial charge >= 0.3 is 0 Å². The van der Waals surface area contributed by atoms with Crippen LogP contribution in [-0.2, 0) is 19.9 Å². The minimum Gasteiger partial charge on any atom is -0.399 e. The number of primary sulfonamides is 1. The van der Waals surface area contributed by atoms with Gasteiger partial charge in [0.15, 0.2) is 9.84 Å². The highest BCUT2D eigenvalue weighted by atomic mass is 32.2. The van der Waals surface area contributed by atoms with Crippen LogP contribution in [0, 0.1) is 0 Å². The van der Waals surface area contributed by atoms with Gasteiger partial charge in [0.2, 0.25) is 10.0 Å². The van der Waals surface area contributed by atoms with Gasteiger partial charge in [-0.05, 0) is 42.5 Å². The van der Waals surface area contributed by atoms with Crippen molar-refractivity contribution in [3.8, 4) is 0 Å². The summed E-state index contributed by atoms with van der Waals surface area (Å²) in [6, 6.07) is 11.7. The molecule has 0 spiro atoms. The highest BCUT2D eigenvalue weighted by molar-refractivity contribution is 7.91. The van der Waals surface area contributed by atoms with E-state index in [1.165, 1.54) is 36.4 Å². The first-order chi connectivity index (χ1) is 11.1. The molecule has 24 heavy (non-hydrogen) atoms. The average molecular weight is 373 g/mol. The predicted molar refractivity (Wildman–Crippen MR) is 92.2 cm³/mol. The Kier molecular flexibility index (Phi) is 6.72. The lowest BCUT2D eigenvalue weighted by Gasteiger charge is -2.02. The van der Waals surface area contributed by atoms with Gasteiger partial charge in [-0.3, -0.25) is 0 Å². The van der Waals surface area contributed by atoms with Gasteiger partial charge in [-0.2, -0.15) is 0 Å². The van der Waals surface area contributed by atoms with Gasteiger partial charge in [-0.1, -0.05) is 6.07 Å². The molecule has 0 radical (unpaired) electrons. The van der Waals surface area contributed by atoms with Crippen LogP contribution in [0.1, 0.15) is 0 Å². The van der Waals surface area contributed by atoms with Crippen LogP contribution in [0.5, 0.6) is 0 Å². The lowest BCUT2D eigenvalue weighted by molar-refractivity contribution is 0.319. The Morgan fingerprint density at radius 3 is 1.88 bits per heavy atom. The molecule has 2 rings (SSSR count). The second-order valence-electron chi connectivity index (χ2n) is 4.73. The van der Waals surface area contributed by atoms with Crippen LogP contribution in [0.15, 0.2) is 58.3 Å². The van der Waals surface area contributed by atoms with Crippen molar-refractivity contribution in [2.45, 2.75) is 9.79 Å². The normalized spacial score (nSPS) is 11.4. The molecule has 10 heteroatoms. The van der Waals surface area contributed by atoms with Gasteiger partial charge < -0.3 is 16.6 Å². The third kappa shape index (κ3) is 6.16. The number of hydrogen-bond donors (Lipinski definition) is 4. The quantitative estimate of drug-likeness (QED) is 0.545. The number of hydrogen-bond acceptors (Lipinski definition) is 7. The molecule has 0 aliphatic carbocycles. The molecule has 0 saturated heterocycles. The summed E-state index contributed by atoms with van der Waals surface area (Å²) in [6.07, 6.45) is 0. The zero-order valence-electron chi connectivity index (χ0n) is 12.7. The number of rotatable bonds is 4. The molecule has 0 fully saturated rings. The Balaban J connectivity index is 0.000000243. The first kappa shape index (κ1) is 19.9. The molecule has 0 amide bonds. The first-order valence-electron chi connectivity index (χ1n) is 6.64. The van der Waals surface area contributed by atoms with Crippen molar-refractivity contribution in [1.82, 2.24) is 0 Å². The predicted octanol–water partition coefficient (Wildman–Crippen LogP) is -0.0490. The van der Waals surface area contributed by atoms with E-state index in [2.05, 4.69) is 0 Å². The Labute approximate surface area is 140 Å². The van der Waals surface area contributed by atoms with Crippen molar-refractivity contribution in [2.75, 3.05) is 23.8 Å². The molecular formula is C14H19N3O5S2. The van der Waals surface area contributed by atoms with Gasteiger partial charge in [-0.25, -0.2) is 22.0 Å². The molecule has 0 heterocycles. The number of benzene rings is 2. The van der Waals surface area contributed by atoms with Crippen LogP contribution < -0.4 is 16.6 Å². The summed E-state index contributed by atoms with van der Waals surface area (Å²) in [7, 11) is -6.94. The second kappa shape index (κ2) is 8.11. The summed E-state index contributed by atoms with van der Waals surface area (Å²) in [5.74, 6) is -0.267. The summed E-state index contributed by atoms with van der Waals surface area (Å²) in [4.78, 5) is 0.230. The van der Waals surface area contributed by atoms with E-state index in [-0.39, 0.29) is 22.2 Å². The van der Waals surface area contributed by atoms with Crippen LogP contribution in [0.3, 0.4) is 0 Å².